The Hall–Kier alpha value is -2.37. The summed E-state index contributed by atoms with van der Waals surface area (Å²) in [5.41, 5.74) is 2.38. The Morgan fingerprint density at radius 1 is 1.47 bits per heavy atom. The molecule has 0 spiro atoms. The minimum absolute atomic E-state index is 0.180. The first-order valence-corrected chi connectivity index (χ1v) is 6.10. The fourth-order valence-electron chi connectivity index (χ4n) is 1.67. The van der Waals surface area contributed by atoms with Gasteiger partial charge in [-0.3, -0.25) is 14.5 Å². The third kappa shape index (κ3) is 3.54. The summed E-state index contributed by atoms with van der Waals surface area (Å²) >= 11 is 0. The van der Waals surface area contributed by atoms with Gasteiger partial charge in [-0.15, -0.1) is 0 Å². The van der Waals surface area contributed by atoms with Gasteiger partial charge in [0.15, 0.2) is 0 Å². The van der Waals surface area contributed by atoms with Crippen molar-refractivity contribution in [1.82, 2.24) is 20.1 Å². The molecule has 2 aromatic heterocycles. The molecule has 6 heteroatoms. The molecule has 2 aromatic rings. The Kier molecular flexibility index (Phi) is 4.12. The van der Waals surface area contributed by atoms with Crippen molar-refractivity contribution in [1.29, 1.82) is 0 Å². The molecular formula is C13H17N5O. The lowest BCUT2D eigenvalue weighted by molar-refractivity contribution is 0.0947. The summed E-state index contributed by atoms with van der Waals surface area (Å²) < 4.78 is 1.80. The normalized spacial score (nSPS) is 10.2. The monoisotopic (exact) mass is 259 g/mol. The molecule has 0 aliphatic rings. The van der Waals surface area contributed by atoms with Crippen LogP contribution in [0.3, 0.4) is 0 Å². The molecule has 0 saturated heterocycles. The summed E-state index contributed by atoms with van der Waals surface area (Å²) in [7, 11) is 1.80. The fraction of sp³-hybridized carbons (Fsp3) is 0.308. The highest BCUT2D eigenvalue weighted by Crippen LogP contribution is 2.06. The lowest BCUT2D eigenvalue weighted by Crippen LogP contribution is -2.28. The first kappa shape index (κ1) is 13.1. The number of nitrogens with one attached hydrogen (secondary N) is 2. The van der Waals surface area contributed by atoms with Crippen LogP contribution in [0, 0.1) is 6.92 Å². The Balaban J connectivity index is 1.87. The van der Waals surface area contributed by atoms with E-state index in [1.54, 1.807) is 30.2 Å². The van der Waals surface area contributed by atoms with E-state index in [1.165, 1.54) is 0 Å². The maximum absolute atomic E-state index is 11.9. The second-order valence-electron chi connectivity index (χ2n) is 4.22. The quantitative estimate of drug-likeness (QED) is 0.842. The Bertz CT molecular complexity index is 564. The van der Waals surface area contributed by atoms with Crippen LogP contribution in [0.5, 0.6) is 0 Å². The summed E-state index contributed by atoms with van der Waals surface area (Å²) in [5.74, 6) is -0.180. The van der Waals surface area contributed by atoms with Crippen molar-refractivity contribution >= 4 is 11.6 Å². The lowest BCUT2D eigenvalue weighted by Gasteiger charge is -2.06. The molecule has 0 atom stereocenters. The van der Waals surface area contributed by atoms with E-state index in [0.29, 0.717) is 18.8 Å². The molecule has 0 bridgehead atoms. The van der Waals surface area contributed by atoms with Crippen molar-refractivity contribution in [3.8, 4) is 0 Å². The molecule has 6 nitrogen and oxygen atoms in total. The lowest BCUT2D eigenvalue weighted by atomic mass is 10.3. The van der Waals surface area contributed by atoms with Gasteiger partial charge in [-0.25, -0.2) is 0 Å². The van der Waals surface area contributed by atoms with Crippen molar-refractivity contribution in [3.05, 3.63) is 42.0 Å². The SMILES string of the molecule is CNc1ccnc(C(=O)NCCn2cc(C)cn2)c1. The maximum Gasteiger partial charge on any atom is 0.270 e. The fourth-order valence-corrected chi connectivity index (χ4v) is 1.67. The molecule has 0 unspecified atom stereocenters. The van der Waals surface area contributed by atoms with E-state index in [0.717, 1.165) is 11.3 Å². The minimum Gasteiger partial charge on any atom is -0.388 e. The Morgan fingerprint density at radius 2 is 2.32 bits per heavy atom. The summed E-state index contributed by atoms with van der Waals surface area (Å²) in [6.07, 6.45) is 5.34. The molecule has 0 aromatic carbocycles. The van der Waals surface area contributed by atoms with Crippen LogP contribution in [-0.2, 0) is 6.54 Å². The zero-order chi connectivity index (χ0) is 13.7. The van der Waals surface area contributed by atoms with Crippen LogP contribution < -0.4 is 10.6 Å². The van der Waals surface area contributed by atoms with Gasteiger partial charge in [0.05, 0.1) is 12.7 Å². The third-order valence-corrected chi connectivity index (χ3v) is 2.67. The molecule has 1 amide bonds. The molecule has 0 fully saturated rings. The predicted octanol–water partition coefficient (Wildman–Crippen LogP) is 1.06. The van der Waals surface area contributed by atoms with Crippen LogP contribution >= 0.6 is 0 Å². The molecule has 2 heterocycles. The van der Waals surface area contributed by atoms with Crippen LogP contribution in [0.4, 0.5) is 5.69 Å². The van der Waals surface area contributed by atoms with E-state index in [1.807, 2.05) is 19.2 Å². The van der Waals surface area contributed by atoms with Gasteiger partial charge >= 0.3 is 0 Å². The number of aryl methyl sites for hydroxylation is 1. The first-order valence-electron chi connectivity index (χ1n) is 6.10. The van der Waals surface area contributed by atoms with Crippen LogP contribution in [0.1, 0.15) is 16.1 Å². The Labute approximate surface area is 111 Å². The van der Waals surface area contributed by atoms with Crippen molar-refractivity contribution < 1.29 is 4.79 Å². The molecule has 0 saturated carbocycles. The molecule has 19 heavy (non-hydrogen) atoms. The van der Waals surface area contributed by atoms with Gasteiger partial charge < -0.3 is 10.6 Å². The van der Waals surface area contributed by atoms with Gasteiger partial charge in [0.1, 0.15) is 5.69 Å². The second-order valence-corrected chi connectivity index (χ2v) is 4.22. The summed E-state index contributed by atoms with van der Waals surface area (Å²) in [5, 5.41) is 9.94. The van der Waals surface area contributed by atoms with E-state index in [-0.39, 0.29) is 5.91 Å². The number of amides is 1. The molecule has 0 aliphatic heterocycles. The third-order valence-electron chi connectivity index (χ3n) is 2.67. The number of aromatic nitrogens is 3. The van der Waals surface area contributed by atoms with Crippen molar-refractivity contribution in [3.63, 3.8) is 0 Å². The highest BCUT2D eigenvalue weighted by atomic mass is 16.1. The van der Waals surface area contributed by atoms with Gasteiger partial charge in [0.25, 0.3) is 5.91 Å². The zero-order valence-corrected chi connectivity index (χ0v) is 11.1. The largest absolute Gasteiger partial charge is 0.388 e. The number of hydrogen-bond donors (Lipinski definition) is 2. The van der Waals surface area contributed by atoms with Gasteiger partial charge in [0.2, 0.25) is 0 Å². The highest BCUT2D eigenvalue weighted by molar-refractivity contribution is 5.93. The van der Waals surface area contributed by atoms with E-state index in [9.17, 15) is 4.79 Å². The summed E-state index contributed by atoms with van der Waals surface area (Å²) in [6, 6.07) is 3.52. The van der Waals surface area contributed by atoms with Crippen molar-refractivity contribution in [2.75, 3.05) is 18.9 Å². The van der Waals surface area contributed by atoms with Crippen LogP contribution in [0.15, 0.2) is 30.7 Å². The number of pyridine rings is 1. The van der Waals surface area contributed by atoms with E-state index in [4.69, 9.17) is 0 Å². The van der Waals surface area contributed by atoms with Crippen molar-refractivity contribution in [2.24, 2.45) is 0 Å². The standard InChI is InChI=1S/C13H17N5O/c1-10-8-17-18(9-10)6-5-16-13(19)12-7-11(14-2)3-4-15-12/h3-4,7-9H,5-6H2,1-2H3,(H,14,15)(H,16,19). The summed E-state index contributed by atoms with van der Waals surface area (Å²) in [6.45, 7) is 3.14. The number of carbonyl (C=O) groups is 1. The number of nitrogens with zero attached hydrogens (tertiary/aromatic N) is 3. The molecule has 100 valence electrons. The Morgan fingerprint density at radius 3 is 3.00 bits per heavy atom. The van der Waals surface area contributed by atoms with Gasteiger partial charge in [0, 0.05) is 31.7 Å². The van der Waals surface area contributed by atoms with E-state index in [2.05, 4.69) is 20.7 Å². The van der Waals surface area contributed by atoms with Crippen molar-refractivity contribution in [2.45, 2.75) is 13.5 Å². The van der Waals surface area contributed by atoms with E-state index < -0.39 is 0 Å². The van der Waals surface area contributed by atoms with Gasteiger partial charge in [-0.2, -0.15) is 5.10 Å². The molecule has 0 aliphatic carbocycles. The molecule has 0 radical (unpaired) electrons. The number of rotatable bonds is 5. The smallest absolute Gasteiger partial charge is 0.270 e. The average molecular weight is 259 g/mol. The number of carbonyl (C=O) groups excluding carboxylic acids is 1. The van der Waals surface area contributed by atoms with Gasteiger partial charge in [-0.05, 0) is 24.6 Å². The van der Waals surface area contributed by atoms with Crippen LogP contribution in [0.2, 0.25) is 0 Å². The number of hydrogen-bond acceptors (Lipinski definition) is 4. The van der Waals surface area contributed by atoms with Crippen LogP contribution in [0.25, 0.3) is 0 Å². The molecule has 2 N–H and O–H groups in total. The van der Waals surface area contributed by atoms with Crippen LogP contribution in [-0.4, -0.2) is 34.3 Å². The maximum atomic E-state index is 11.9. The minimum atomic E-state index is -0.180. The number of anilines is 1. The van der Waals surface area contributed by atoms with Gasteiger partial charge in [-0.1, -0.05) is 0 Å². The molecular weight excluding hydrogens is 242 g/mol. The predicted molar refractivity (Wildman–Crippen MR) is 73.1 cm³/mol. The average Bonchev–Trinajstić information content (AvgIpc) is 2.84. The zero-order valence-electron chi connectivity index (χ0n) is 11.1. The second kappa shape index (κ2) is 5.99. The van der Waals surface area contributed by atoms with E-state index >= 15 is 0 Å². The summed E-state index contributed by atoms with van der Waals surface area (Å²) in [4.78, 5) is 15.9. The first-order chi connectivity index (χ1) is 9.19. The molecule has 2 rings (SSSR count). The topological polar surface area (TPSA) is 71.8 Å². The highest BCUT2D eigenvalue weighted by Gasteiger charge is 2.06.